The summed E-state index contributed by atoms with van der Waals surface area (Å²) < 4.78 is 31.0. The summed E-state index contributed by atoms with van der Waals surface area (Å²) in [5.41, 5.74) is 6.87. The number of nitrogen functional groups attached to an aromatic ring is 1. The Morgan fingerprint density at radius 1 is 1.07 bits per heavy atom. The molecule has 0 radical (unpaired) electrons. The fourth-order valence-electron chi connectivity index (χ4n) is 2.89. The number of para-hydroxylation sites is 2. The second-order valence-electron chi connectivity index (χ2n) is 6.15. The van der Waals surface area contributed by atoms with Crippen LogP contribution < -0.4 is 19.9 Å². The first-order valence-corrected chi connectivity index (χ1v) is 9.18. The van der Waals surface area contributed by atoms with Gasteiger partial charge in [-0.1, -0.05) is 35.3 Å². The molecule has 1 aromatic heterocycles. The molecule has 5 nitrogen and oxygen atoms in total. The molecule has 0 aliphatic carbocycles. The highest BCUT2D eigenvalue weighted by Crippen LogP contribution is 2.40. The molecule has 8 heteroatoms. The van der Waals surface area contributed by atoms with Crippen LogP contribution >= 0.6 is 23.2 Å². The summed E-state index contributed by atoms with van der Waals surface area (Å²) >= 11 is 12.2. The fraction of sp³-hybridized carbons (Fsp3) is 0.150. The van der Waals surface area contributed by atoms with Gasteiger partial charge in [0, 0.05) is 10.6 Å². The smallest absolute Gasteiger partial charge is 0.285 e. The molecule has 0 spiro atoms. The van der Waals surface area contributed by atoms with Crippen molar-refractivity contribution in [2.75, 3.05) is 5.73 Å². The van der Waals surface area contributed by atoms with Crippen molar-refractivity contribution in [2.24, 2.45) is 0 Å². The SMILES string of the molecule is CC(Oc1ccc(C2Oc3ccccc3O2)nc1N)c1c(Cl)ccc(F)c1Cl. The Hall–Kier alpha value is -2.70. The van der Waals surface area contributed by atoms with E-state index in [1.165, 1.54) is 12.1 Å². The zero-order valence-electron chi connectivity index (χ0n) is 14.7. The van der Waals surface area contributed by atoms with Gasteiger partial charge in [0.2, 0.25) is 0 Å². The molecule has 0 amide bonds. The van der Waals surface area contributed by atoms with E-state index >= 15 is 0 Å². The molecule has 1 aliphatic heterocycles. The minimum atomic E-state index is -0.696. The molecular weight excluding hydrogens is 406 g/mol. The molecule has 1 atom stereocenters. The minimum Gasteiger partial charge on any atom is -0.482 e. The number of anilines is 1. The molecular formula is C20H15Cl2FN2O3. The van der Waals surface area contributed by atoms with E-state index in [-0.39, 0.29) is 10.8 Å². The van der Waals surface area contributed by atoms with Crippen molar-refractivity contribution in [2.45, 2.75) is 19.3 Å². The Morgan fingerprint density at radius 3 is 2.39 bits per heavy atom. The van der Waals surface area contributed by atoms with Gasteiger partial charge in [0.25, 0.3) is 6.29 Å². The summed E-state index contributed by atoms with van der Waals surface area (Å²) in [6.45, 7) is 1.69. The number of benzene rings is 2. The van der Waals surface area contributed by atoms with Crippen LogP contribution in [0.3, 0.4) is 0 Å². The van der Waals surface area contributed by atoms with E-state index in [9.17, 15) is 4.39 Å². The number of halogens is 3. The number of nitrogens with zero attached hydrogens (tertiary/aromatic N) is 1. The number of aromatic nitrogens is 1. The molecule has 0 saturated carbocycles. The van der Waals surface area contributed by atoms with Gasteiger partial charge in [-0.3, -0.25) is 0 Å². The zero-order chi connectivity index (χ0) is 19.8. The molecule has 144 valence electrons. The number of fused-ring (bicyclic) bond motifs is 1. The highest BCUT2D eigenvalue weighted by molar-refractivity contribution is 6.36. The molecule has 2 N–H and O–H groups in total. The lowest BCUT2D eigenvalue weighted by molar-refractivity contribution is 0.0447. The highest BCUT2D eigenvalue weighted by Gasteiger charge is 2.27. The largest absolute Gasteiger partial charge is 0.482 e. The van der Waals surface area contributed by atoms with Crippen LogP contribution in [0.15, 0.2) is 48.5 Å². The quantitative estimate of drug-likeness (QED) is 0.546. The van der Waals surface area contributed by atoms with Gasteiger partial charge in [0.05, 0.1) is 5.02 Å². The van der Waals surface area contributed by atoms with E-state index < -0.39 is 18.2 Å². The Balaban J connectivity index is 1.54. The number of nitrogens with two attached hydrogens (primary N) is 1. The maximum atomic E-state index is 13.8. The predicted molar refractivity (Wildman–Crippen MR) is 105 cm³/mol. The van der Waals surface area contributed by atoms with Gasteiger partial charge in [0.1, 0.15) is 17.6 Å². The monoisotopic (exact) mass is 420 g/mol. The third-order valence-electron chi connectivity index (χ3n) is 4.26. The zero-order valence-corrected chi connectivity index (χ0v) is 16.2. The number of hydrogen-bond donors (Lipinski definition) is 1. The highest BCUT2D eigenvalue weighted by atomic mass is 35.5. The van der Waals surface area contributed by atoms with Crippen molar-refractivity contribution in [3.63, 3.8) is 0 Å². The fourth-order valence-corrected chi connectivity index (χ4v) is 3.57. The Labute approximate surface area is 170 Å². The molecule has 3 aromatic rings. The van der Waals surface area contributed by atoms with Gasteiger partial charge >= 0.3 is 0 Å². The first-order valence-electron chi connectivity index (χ1n) is 8.43. The summed E-state index contributed by atoms with van der Waals surface area (Å²) in [5.74, 6) is 1.14. The number of hydrogen-bond acceptors (Lipinski definition) is 5. The van der Waals surface area contributed by atoms with Crippen LogP contribution in [0, 0.1) is 5.82 Å². The predicted octanol–water partition coefficient (Wildman–Crippen LogP) is 5.72. The Morgan fingerprint density at radius 2 is 1.75 bits per heavy atom. The van der Waals surface area contributed by atoms with Crippen molar-refractivity contribution in [1.29, 1.82) is 0 Å². The van der Waals surface area contributed by atoms with E-state index in [1.807, 2.05) is 24.3 Å². The van der Waals surface area contributed by atoms with E-state index in [4.69, 9.17) is 43.1 Å². The molecule has 2 heterocycles. The second kappa shape index (κ2) is 7.37. The maximum Gasteiger partial charge on any atom is 0.285 e. The van der Waals surface area contributed by atoms with Gasteiger partial charge < -0.3 is 19.9 Å². The van der Waals surface area contributed by atoms with Crippen LogP contribution in [0.1, 0.15) is 30.6 Å². The van der Waals surface area contributed by atoms with E-state index in [0.29, 0.717) is 33.5 Å². The molecule has 0 bridgehead atoms. The summed E-state index contributed by atoms with van der Waals surface area (Å²) in [6.07, 6.45) is -1.34. The third kappa shape index (κ3) is 3.41. The summed E-state index contributed by atoms with van der Waals surface area (Å²) in [6, 6.07) is 13.3. The van der Waals surface area contributed by atoms with Crippen LogP contribution in [-0.4, -0.2) is 4.98 Å². The molecule has 1 unspecified atom stereocenters. The first-order chi connectivity index (χ1) is 13.4. The maximum absolute atomic E-state index is 13.8. The van der Waals surface area contributed by atoms with Crippen LogP contribution in [0.25, 0.3) is 0 Å². The normalized spacial score (nSPS) is 14.1. The van der Waals surface area contributed by atoms with Crippen LogP contribution in [0.4, 0.5) is 10.2 Å². The van der Waals surface area contributed by atoms with Gasteiger partial charge in [0.15, 0.2) is 23.1 Å². The van der Waals surface area contributed by atoms with E-state index in [1.54, 1.807) is 19.1 Å². The van der Waals surface area contributed by atoms with Gasteiger partial charge in [-0.05, 0) is 43.3 Å². The first kappa shape index (κ1) is 18.7. The summed E-state index contributed by atoms with van der Waals surface area (Å²) in [4.78, 5) is 4.31. The van der Waals surface area contributed by atoms with Crippen LogP contribution in [-0.2, 0) is 0 Å². The molecule has 0 saturated heterocycles. The van der Waals surface area contributed by atoms with Crippen molar-refractivity contribution in [1.82, 2.24) is 4.98 Å². The molecule has 4 rings (SSSR count). The molecule has 0 fully saturated rings. The number of ether oxygens (including phenoxy) is 3. The van der Waals surface area contributed by atoms with Gasteiger partial charge in [-0.15, -0.1) is 0 Å². The van der Waals surface area contributed by atoms with Crippen molar-refractivity contribution in [3.8, 4) is 17.2 Å². The lowest BCUT2D eigenvalue weighted by Crippen LogP contribution is -2.13. The van der Waals surface area contributed by atoms with Gasteiger partial charge in [-0.25, -0.2) is 9.37 Å². The average molecular weight is 421 g/mol. The lowest BCUT2D eigenvalue weighted by Gasteiger charge is -2.19. The summed E-state index contributed by atoms with van der Waals surface area (Å²) in [5, 5.41) is 0.209. The van der Waals surface area contributed by atoms with Crippen LogP contribution in [0.2, 0.25) is 10.0 Å². The Bertz CT molecular complexity index is 1020. The van der Waals surface area contributed by atoms with Crippen molar-refractivity contribution < 1.29 is 18.6 Å². The molecule has 2 aromatic carbocycles. The number of rotatable bonds is 4. The minimum absolute atomic E-state index is 0.0892. The van der Waals surface area contributed by atoms with Crippen molar-refractivity contribution >= 4 is 29.0 Å². The standard InChI is InChI=1S/C20H15Cl2FN2O3/c1-10(17-11(21)6-7-12(23)18(17)22)26-16-9-8-13(25-19(16)24)20-27-14-4-2-3-5-15(14)28-20/h2-10,20H,1H3,(H2,24,25). The second-order valence-corrected chi connectivity index (χ2v) is 6.94. The third-order valence-corrected chi connectivity index (χ3v) is 4.97. The molecule has 28 heavy (non-hydrogen) atoms. The van der Waals surface area contributed by atoms with Crippen LogP contribution in [0.5, 0.6) is 17.2 Å². The number of pyridine rings is 1. The van der Waals surface area contributed by atoms with Crippen molar-refractivity contribution in [3.05, 3.63) is 75.7 Å². The molecule has 1 aliphatic rings. The van der Waals surface area contributed by atoms with E-state index in [2.05, 4.69) is 4.98 Å². The van der Waals surface area contributed by atoms with E-state index in [0.717, 1.165) is 0 Å². The van der Waals surface area contributed by atoms with Gasteiger partial charge in [-0.2, -0.15) is 0 Å². The average Bonchev–Trinajstić information content (AvgIpc) is 3.11. The Kier molecular flexibility index (Phi) is 4.91. The topological polar surface area (TPSA) is 66.6 Å². The summed E-state index contributed by atoms with van der Waals surface area (Å²) in [7, 11) is 0. The lowest BCUT2D eigenvalue weighted by atomic mass is 10.1.